The predicted molar refractivity (Wildman–Crippen MR) is 94.8 cm³/mol. The maximum absolute atomic E-state index is 9.77. The summed E-state index contributed by atoms with van der Waals surface area (Å²) in [6.45, 7) is 2.96. The van der Waals surface area contributed by atoms with Crippen molar-refractivity contribution in [1.29, 1.82) is 0 Å². The van der Waals surface area contributed by atoms with Gasteiger partial charge in [-0.05, 0) is 59.5 Å². The van der Waals surface area contributed by atoms with Gasteiger partial charge in [-0.1, -0.05) is 23.8 Å². The number of ether oxygens (including phenoxy) is 1. The summed E-state index contributed by atoms with van der Waals surface area (Å²) in [5.74, 6) is 0.687. The topological polar surface area (TPSA) is 41.5 Å². The van der Waals surface area contributed by atoms with E-state index in [0.717, 1.165) is 29.6 Å². The van der Waals surface area contributed by atoms with Crippen molar-refractivity contribution in [2.75, 3.05) is 11.9 Å². The Balaban J connectivity index is 1.78. The first kappa shape index (κ1) is 15.0. The predicted octanol–water partition coefficient (Wildman–Crippen LogP) is 5.10. The smallest absolute Gasteiger partial charge is 0.129 e. The number of hydrogen-bond donors (Lipinski definition) is 2. The summed E-state index contributed by atoms with van der Waals surface area (Å²) in [6.07, 6.45) is 2.39. The fourth-order valence-corrected chi connectivity index (χ4v) is 4.23. The molecule has 23 heavy (non-hydrogen) atoms. The van der Waals surface area contributed by atoms with Gasteiger partial charge in [0.15, 0.2) is 0 Å². The second-order valence-electron chi connectivity index (χ2n) is 6.52. The molecule has 120 valence electrons. The second kappa shape index (κ2) is 5.84. The maximum atomic E-state index is 9.77. The van der Waals surface area contributed by atoms with Crippen LogP contribution in [0.5, 0.6) is 5.75 Å². The van der Waals surface area contributed by atoms with E-state index in [4.69, 9.17) is 4.74 Å². The van der Waals surface area contributed by atoms with Crippen LogP contribution in [0.1, 0.15) is 41.7 Å². The molecule has 2 heterocycles. The van der Waals surface area contributed by atoms with Crippen molar-refractivity contribution in [3.63, 3.8) is 0 Å². The van der Waals surface area contributed by atoms with Crippen molar-refractivity contribution in [3.05, 3.63) is 57.6 Å². The van der Waals surface area contributed by atoms with Crippen molar-refractivity contribution in [2.24, 2.45) is 5.92 Å². The van der Waals surface area contributed by atoms with Gasteiger partial charge in [-0.3, -0.25) is 0 Å². The summed E-state index contributed by atoms with van der Waals surface area (Å²) in [5.41, 5.74) is 4.89. The number of rotatable bonds is 1. The molecule has 1 saturated heterocycles. The van der Waals surface area contributed by atoms with Crippen LogP contribution in [0.15, 0.2) is 40.9 Å². The molecule has 2 aliphatic heterocycles. The molecular formula is C19H20BrNO2. The van der Waals surface area contributed by atoms with E-state index in [9.17, 15) is 5.11 Å². The number of phenolic OH excluding ortho intramolecular Hbond substituents is 1. The van der Waals surface area contributed by atoms with Gasteiger partial charge in [-0.15, -0.1) is 0 Å². The highest BCUT2D eigenvalue weighted by Crippen LogP contribution is 2.49. The Hall–Kier alpha value is -1.52. The third-order valence-corrected chi connectivity index (χ3v) is 5.59. The lowest BCUT2D eigenvalue weighted by atomic mass is 9.77. The van der Waals surface area contributed by atoms with Crippen LogP contribution in [0.25, 0.3) is 0 Å². The Kier molecular flexibility index (Phi) is 3.82. The minimum Gasteiger partial charge on any atom is -0.507 e. The molecule has 0 bridgehead atoms. The van der Waals surface area contributed by atoms with Gasteiger partial charge in [-0.25, -0.2) is 0 Å². The molecule has 0 unspecified atom stereocenters. The summed E-state index contributed by atoms with van der Waals surface area (Å²) < 4.78 is 6.90. The molecule has 2 N–H and O–H groups in total. The highest BCUT2D eigenvalue weighted by atomic mass is 79.9. The zero-order valence-corrected chi connectivity index (χ0v) is 14.6. The van der Waals surface area contributed by atoms with Crippen LogP contribution >= 0.6 is 15.9 Å². The van der Waals surface area contributed by atoms with Gasteiger partial charge in [0.1, 0.15) is 5.75 Å². The van der Waals surface area contributed by atoms with E-state index in [2.05, 4.69) is 46.4 Å². The normalized spacial score (nSPS) is 26.1. The zero-order valence-electron chi connectivity index (χ0n) is 13.1. The first-order chi connectivity index (χ1) is 11.1. The molecule has 0 aliphatic carbocycles. The maximum Gasteiger partial charge on any atom is 0.129 e. The number of fused-ring (bicyclic) bond motifs is 3. The molecule has 4 rings (SSSR count). The number of nitrogens with one attached hydrogen (secondary N) is 1. The van der Waals surface area contributed by atoms with Gasteiger partial charge in [0.25, 0.3) is 0 Å². The third-order valence-electron chi connectivity index (χ3n) is 4.95. The number of aryl methyl sites for hydroxylation is 1. The fourth-order valence-electron chi connectivity index (χ4n) is 3.84. The van der Waals surface area contributed by atoms with Gasteiger partial charge < -0.3 is 15.2 Å². The SMILES string of the molecule is Cc1ccc2c(c1)[C@H]1OCCC[C@H]1[C@H](c1ccc(O)c(Br)c1)N2. The molecule has 2 aliphatic rings. The molecule has 2 aromatic carbocycles. The molecular weight excluding hydrogens is 354 g/mol. The summed E-state index contributed by atoms with van der Waals surface area (Å²) in [7, 11) is 0. The van der Waals surface area contributed by atoms with Crippen LogP contribution in [0.2, 0.25) is 0 Å². The quantitative estimate of drug-likeness (QED) is 0.730. The lowest BCUT2D eigenvalue weighted by Crippen LogP contribution is -2.36. The van der Waals surface area contributed by atoms with Gasteiger partial charge in [-0.2, -0.15) is 0 Å². The molecule has 0 spiro atoms. The Bertz CT molecular complexity index is 746. The molecule has 4 heteroatoms. The lowest BCUT2D eigenvalue weighted by Gasteiger charge is -2.43. The van der Waals surface area contributed by atoms with E-state index >= 15 is 0 Å². The van der Waals surface area contributed by atoms with Gasteiger partial charge in [0.2, 0.25) is 0 Å². The fraction of sp³-hybridized carbons (Fsp3) is 0.368. The number of benzene rings is 2. The first-order valence-corrected chi connectivity index (χ1v) is 8.90. The van der Waals surface area contributed by atoms with Crippen LogP contribution in [-0.4, -0.2) is 11.7 Å². The highest BCUT2D eigenvalue weighted by molar-refractivity contribution is 9.10. The average molecular weight is 374 g/mol. The van der Waals surface area contributed by atoms with E-state index in [-0.39, 0.29) is 17.9 Å². The van der Waals surface area contributed by atoms with Gasteiger partial charge in [0.05, 0.1) is 16.6 Å². The van der Waals surface area contributed by atoms with Crippen LogP contribution in [0.3, 0.4) is 0 Å². The minimum atomic E-state index is 0.150. The number of aromatic hydroxyl groups is 1. The summed E-state index contributed by atoms with van der Waals surface area (Å²) in [5, 5.41) is 13.5. The molecule has 1 fully saturated rings. The van der Waals surface area contributed by atoms with Gasteiger partial charge in [0, 0.05) is 23.8 Å². The van der Waals surface area contributed by atoms with E-state index in [1.807, 2.05) is 12.1 Å². The second-order valence-corrected chi connectivity index (χ2v) is 7.38. The summed E-state index contributed by atoms with van der Waals surface area (Å²) >= 11 is 3.43. The van der Waals surface area contributed by atoms with Crippen molar-refractivity contribution in [1.82, 2.24) is 0 Å². The monoisotopic (exact) mass is 373 g/mol. The molecule has 3 nitrogen and oxygen atoms in total. The van der Waals surface area contributed by atoms with Crippen molar-refractivity contribution >= 4 is 21.6 Å². The molecule has 0 amide bonds. The molecule has 0 saturated carbocycles. The average Bonchev–Trinajstić information content (AvgIpc) is 2.57. The van der Waals surface area contributed by atoms with Crippen LogP contribution in [-0.2, 0) is 4.74 Å². The van der Waals surface area contributed by atoms with Crippen molar-refractivity contribution in [2.45, 2.75) is 31.9 Å². The van der Waals surface area contributed by atoms with E-state index < -0.39 is 0 Å². The highest BCUT2D eigenvalue weighted by Gasteiger charge is 2.39. The van der Waals surface area contributed by atoms with Crippen molar-refractivity contribution < 1.29 is 9.84 Å². The minimum absolute atomic E-state index is 0.150. The lowest BCUT2D eigenvalue weighted by molar-refractivity contribution is -0.0381. The Morgan fingerprint density at radius 2 is 2.09 bits per heavy atom. The number of halogens is 1. The van der Waals surface area contributed by atoms with Crippen LogP contribution < -0.4 is 5.32 Å². The number of phenols is 1. The third kappa shape index (κ3) is 2.64. The largest absolute Gasteiger partial charge is 0.507 e. The number of anilines is 1. The van der Waals surface area contributed by atoms with Crippen LogP contribution in [0, 0.1) is 12.8 Å². The van der Waals surface area contributed by atoms with Crippen LogP contribution in [0.4, 0.5) is 5.69 Å². The Morgan fingerprint density at radius 3 is 2.91 bits per heavy atom. The number of hydrogen-bond acceptors (Lipinski definition) is 3. The molecule has 0 aromatic heterocycles. The Labute approximate surface area is 144 Å². The van der Waals surface area contributed by atoms with E-state index in [0.29, 0.717) is 5.92 Å². The molecule has 2 aromatic rings. The first-order valence-electron chi connectivity index (χ1n) is 8.10. The molecule has 0 radical (unpaired) electrons. The van der Waals surface area contributed by atoms with E-state index in [1.54, 1.807) is 6.07 Å². The van der Waals surface area contributed by atoms with Crippen molar-refractivity contribution in [3.8, 4) is 5.75 Å². The zero-order chi connectivity index (χ0) is 16.0. The summed E-state index contributed by atoms with van der Waals surface area (Å²) in [4.78, 5) is 0. The summed E-state index contributed by atoms with van der Waals surface area (Å²) in [6, 6.07) is 12.5. The van der Waals surface area contributed by atoms with Gasteiger partial charge >= 0.3 is 0 Å². The molecule has 3 atom stereocenters. The van der Waals surface area contributed by atoms with E-state index in [1.165, 1.54) is 16.7 Å². The Morgan fingerprint density at radius 1 is 1.22 bits per heavy atom. The standard InChI is InChI=1S/C19H20BrNO2/c1-11-4-6-16-14(9-11)19-13(3-2-8-23-19)18(21-16)12-5-7-17(22)15(20)10-12/h4-7,9-10,13,18-19,21-22H,2-3,8H2,1H3/t13-,18-,19-/m0/s1.